The van der Waals surface area contributed by atoms with Gasteiger partial charge in [-0.15, -0.1) is 0 Å². The maximum Gasteiger partial charge on any atom is 0.303 e. The highest BCUT2D eigenvalue weighted by molar-refractivity contribution is 5.95. The second kappa shape index (κ2) is 6.03. The minimum absolute atomic E-state index is 0.211. The number of carbonyl (C=O) groups is 2. The van der Waals surface area contributed by atoms with Gasteiger partial charge in [-0.3, -0.25) is 9.59 Å². The summed E-state index contributed by atoms with van der Waals surface area (Å²) in [6.45, 7) is 5.47. The molecule has 0 aliphatic heterocycles. The quantitative estimate of drug-likeness (QED) is 0.749. The van der Waals surface area contributed by atoms with Crippen LogP contribution >= 0.6 is 0 Å². The summed E-state index contributed by atoms with van der Waals surface area (Å²) in [5, 5.41) is 0. The number of nitrogens with zero attached hydrogens (tertiary/aromatic N) is 1. The molecule has 0 N–H and O–H groups in total. The van der Waals surface area contributed by atoms with Crippen LogP contribution in [0.15, 0.2) is 24.3 Å². The van der Waals surface area contributed by atoms with Gasteiger partial charge in [0.15, 0.2) is 6.61 Å². The van der Waals surface area contributed by atoms with E-state index in [2.05, 4.69) is 0 Å². The third kappa shape index (κ3) is 3.90. The molecule has 0 aromatic heterocycles. The summed E-state index contributed by atoms with van der Waals surface area (Å²) in [5.41, 5.74) is 1.91. The topological polar surface area (TPSA) is 46.6 Å². The van der Waals surface area contributed by atoms with Gasteiger partial charge in [-0.05, 0) is 31.5 Å². The summed E-state index contributed by atoms with van der Waals surface area (Å²) in [6.07, 6.45) is 0. The first kappa shape index (κ1) is 13.2. The van der Waals surface area contributed by atoms with E-state index in [1.54, 1.807) is 4.90 Å². The fraction of sp³-hybridized carbons (Fsp3) is 0.385. The van der Waals surface area contributed by atoms with E-state index in [1.165, 1.54) is 6.92 Å². The maximum absolute atomic E-state index is 11.8. The fourth-order valence-electron chi connectivity index (χ4n) is 1.54. The van der Waals surface area contributed by atoms with E-state index < -0.39 is 5.97 Å². The summed E-state index contributed by atoms with van der Waals surface area (Å²) >= 11 is 0. The van der Waals surface area contributed by atoms with Crippen LogP contribution in [0, 0.1) is 6.92 Å². The van der Waals surface area contributed by atoms with Gasteiger partial charge in [-0.1, -0.05) is 12.1 Å². The maximum atomic E-state index is 11.8. The third-order valence-electron chi connectivity index (χ3n) is 2.33. The standard InChI is InChI=1S/C13H17NO3/c1-4-14(13(16)9-17-11(3)15)12-7-5-6-10(2)8-12/h5-8H,4,9H2,1-3H3. The molecule has 0 bridgehead atoms. The molecule has 1 amide bonds. The minimum Gasteiger partial charge on any atom is -0.456 e. The van der Waals surface area contributed by atoms with Crippen molar-refractivity contribution >= 4 is 17.6 Å². The van der Waals surface area contributed by atoms with Gasteiger partial charge in [-0.2, -0.15) is 0 Å². The van der Waals surface area contributed by atoms with E-state index in [0.29, 0.717) is 6.54 Å². The Hall–Kier alpha value is -1.84. The Bertz CT molecular complexity index is 415. The van der Waals surface area contributed by atoms with Crippen LogP contribution in [0.5, 0.6) is 0 Å². The van der Waals surface area contributed by atoms with Crippen LogP contribution < -0.4 is 4.90 Å². The van der Waals surface area contributed by atoms with Crippen LogP contribution in [0.2, 0.25) is 0 Å². The van der Waals surface area contributed by atoms with Crippen molar-refractivity contribution < 1.29 is 14.3 Å². The van der Waals surface area contributed by atoms with Crippen molar-refractivity contribution in [2.24, 2.45) is 0 Å². The summed E-state index contributed by atoms with van der Waals surface area (Å²) in [6, 6.07) is 7.65. The zero-order valence-corrected chi connectivity index (χ0v) is 10.4. The fourth-order valence-corrected chi connectivity index (χ4v) is 1.54. The number of aryl methyl sites for hydroxylation is 1. The monoisotopic (exact) mass is 235 g/mol. The highest BCUT2D eigenvalue weighted by Crippen LogP contribution is 2.15. The number of rotatable bonds is 4. The van der Waals surface area contributed by atoms with Crippen molar-refractivity contribution in [3.05, 3.63) is 29.8 Å². The first-order valence-electron chi connectivity index (χ1n) is 5.55. The van der Waals surface area contributed by atoms with Crippen LogP contribution in [0.25, 0.3) is 0 Å². The van der Waals surface area contributed by atoms with Gasteiger partial charge in [0.25, 0.3) is 5.91 Å². The lowest BCUT2D eigenvalue weighted by molar-refractivity contribution is -0.145. The summed E-state index contributed by atoms with van der Waals surface area (Å²) in [5.74, 6) is -0.660. The average Bonchev–Trinajstić information content (AvgIpc) is 2.27. The molecule has 0 heterocycles. The first-order chi connectivity index (χ1) is 8.04. The van der Waals surface area contributed by atoms with E-state index in [4.69, 9.17) is 4.74 Å². The molecular weight excluding hydrogens is 218 g/mol. The molecule has 1 aromatic rings. The van der Waals surface area contributed by atoms with E-state index in [-0.39, 0.29) is 12.5 Å². The molecule has 92 valence electrons. The molecule has 0 saturated heterocycles. The van der Waals surface area contributed by atoms with Crippen molar-refractivity contribution in [1.29, 1.82) is 0 Å². The second-order valence-electron chi connectivity index (χ2n) is 3.76. The summed E-state index contributed by atoms with van der Waals surface area (Å²) < 4.78 is 4.71. The molecule has 1 aromatic carbocycles. The molecule has 0 fully saturated rings. The first-order valence-corrected chi connectivity index (χ1v) is 5.55. The van der Waals surface area contributed by atoms with E-state index in [1.807, 2.05) is 38.1 Å². The van der Waals surface area contributed by atoms with Crippen LogP contribution in [-0.2, 0) is 14.3 Å². The minimum atomic E-state index is -0.446. The van der Waals surface area contributed by atoms with Crippen molar-refractivity contribution in [1.82, 2.24) is 0 Å². The zero-order valence-electron chi connectivity index (χ0n) is 10.4. The molecule has 17 heavy (non-hydrogen) atoms. The average molecular weight is 235 g/mol. The predicted octanol–water partition coefficient (Wildman–Crippen LogP) is 1.91. The number of hydrogen-bond donors (Lipinski definition) is 0. The molecule has 0 spiro atoms. The van der Waals surface area contributed by atoms with Gasteiger partial charge in [-0.25, -0.2) is 0 Å². The van der Waals surface area contributed by atoms with E-state index in [0.717, 1.165) is 11.3 Å². The molecule has 4 nitrogen and oxygen atoms in total. The Labute approximate surface area is 101 Å². The normalized spacial score (nSPS) is 9.82. The molecule has 1 rings (SSSR count). The Morgan fingerprint density at radius 1 is 1.35 bits per heavy atom. The van der Waals surface area contributed by atoms with E-state index >= 15 is 0 Å². The molecule has 0 atom stereocenters. The van der Waals surface area contributed by atoms with Crippen LogP contribution in [-0.4, -0.2) is 25.0 Å². The molecule has 4 heteroatoms. The number of hydrogen-bond acceptors (Lipinski definition) is 3. The van der Waals surface area contributed by atoms with Gasteiger partial charge in [0.05, 0.1) is 0 Å². The Kier molecular flexibility index (Phi) is 4.69. The van der Waals surface area contributed by atoms with Gasteiger partial charge in [0.1, 0.15) is 0 Å². The number of benzene rings is 1. The molecule has 0 radical (unpaired) electrons. The van der Waals surface area contributed by atoms with Crippen LogP contribution in [0.3, 0.4) is 0 Å². The van der Waals surface area contributed by atoms with Gasteiger partial charge < -0.3 is 9.64 Å². The summed E-state index contributed by atoms with van der Waals surface area (Å²) in [4.78, 5) is 24.1. The Morgan fingerprint density at radius 2 is 2.06 bits per heavy atom. The van der Waals surface area contributed by atoms with Crippen molar-refractivity contribution in [3.63, 3.8) is 0 Å². The van der Waals surface area contributed by atoms with Crippen LogP contribution in [0.4, 0.5) is 5.69 Å². The number of anilines is 1. The lowest BCUT2D eigenvalue weighted by Crippen LogP contribution is -2.34. The lowest BCUT2D eigenvalue weighted by Gasteiger charge is -2.21. The molecule has 0 saturated carbocycles. The largest absolute Gasteiger partial charge is 0.456 e. The highest BCUT2D eigenvalue weighted by atomic mass is 16.5. The number of esters is 1. The molecule has 0 aliphatic rings. The SMILES string of the molecule is CCN(C(=O)COC(C)=O)c1cccc(C)c1. The predicted molar refractivity (Wildman–Crippen MR) is 65.8 cm³/mol. The number of ether oxygens (including phenoxy) is 1. The van der Waals surface area contributed by atoms with Gasteiger partial charge >= 0.3 is 5.97 Å². The smallest absolute Gasteiger partial charge is 0.303 e. The Balaban J connectivity index is 2.77. The second-order valence-corrected chi connectivity index (χ2v) is 3.76. The molecule has 0 aliphatic carbocycles. The number of likely N-dealkylation sites (N-methyl/N-ethyl adjacent to an activating group) is 1. The molecule has 0 unspecified atom stereocenters. The van der Waals surface area contributed by atoms with Crippen molar-refractivity contribution in [2.45, 2.75) is 20.8 Å². The van der Waals surface area contributed by atoms with Gasteiger partial charge in [0.2, 0.25) is 0 Å². The molecular formula is C13H17NO3. The highest BCUT2D eigenvalue weighted by Gasteiger charge is 2.14. The lowest BCUT2D eigenvalue weighted by atomic mass is 10.2. The van der Waals surface area contributed by atoms with Crippen LogP contribution in [0.1, 0.15) is 19.4 Å². The van der Waals surface area contributed by atoms with Crippen molar-refractivity contribution in [2.75, 3.05) is 18.1 Å². The number of amides is 1. The Morgan fingerprint density at radius 3 is 2.59 bits per heavy atom. The number of carbonyl (C=O) groups excluding carboxylic acids is 2. The third-order valence-corrected chi connectivity index (χ3v) is 2.33. The van der Waals surface area contributed by atoms with Gasteiger partial charge in [0, 0.05) is 19.2 Å². The van der Waals surface area contributed by atoms with E-state index in [9.17, 15) is 9.59 Å². The van der Waals surface area contributed by atoms with Crippen molar-refractivity contribution in [3.8, 4) is 0 Å². The summed E-state index contributed by atoms with van der Waals surface area (Å²) in [7, 11) is 0. The zero-order chi connectivity index (χ0) is 12.8.